The third-order valence-electron chi connectivity index (χ3n) is 6.23. The Balaban J connectivity index is 1.43. The number of aryl methyl sites for hydroxylation is 1. The molecule has 3 rings (SSSR count). The smallest absolute Gasteiger partial charge is 0.338 e. The lowest BCUT2D eigenvalue weighted by Gasteiger charge is -2.20. The number of fused-ring (bicyclic) bond motifs is 1. The van der Waals surface area contributed by atoms with Crippen LogP contribution in [0.2, 0.25) is 0 Å². The summed E-state index contributed by atoms with van der Waals surface area (Å²) in [6, 6.07) is 9.64. The van der Waals surface area contributed by atoms with Gasteiger partial charge in [0, 0.05) is 6.54 Å². The van der Waals surface area contributed by atoms with Gasteiger partial charge < -0.3 is 28.6 Å². The molecule has 7 nitrogen and oxygen atoms in total. The van der Waals surface area contributed by atoms with E-state index in [0.29, 0.717) is 35.3 Å². The molecular weight excluding hydrogens is 422 g/mol. The zero-order valence-corrected chi connectivity index (χ0v) is 20.3. The van der Waals surface area contributed by atoms with Crippen LogP contribution in [0.15, 0.2) is 30.3 Å². The normalized spacial score (nSPS) is 14.7. The highest BCUT2D eigenvalue weighted by Gasteiger charge is 2.23. The Morgan fingerprint density at radius 1 is 0.970 bits per heavy atom. The molecule has 1 aliphatic carbocycles. The average molecular weight is 458 g/mol. The van der Waals surface area contributed by atoms with Gasteiger partial charge in [0.15, 0.2) is 11.5 Å². The van der Waals surface area contributed by atoms with Crippen LogP contribution in [0.25, 0.3) is 0 Å². The van der Waals surface area contributed by atoms with Crippen LogP contribution < -0.4 is 18.9 Å². The number of rotatable bonds is 12. The number of hydrogen-bond donors (Lipinski definition) is 0. The first kappa shape index (κ1) is 24.7. The van der Waals surface area contributed by atoms with Crippen molar-refractivity contribution in [2.45, 2.75) is 31.6 Å². The minimum atomic E-state index is -0.409. The maximum Gasteiger partial charge on any atom is 0.338 e. The van der Waals surface area contributed by atoms with Crippen LogP contribution in [0.3, 0.4) is 0 Å². The minimum absolute atomic E-state index is 0.350. The molecule has 0 saturated carbocycles. The molecular formula is C26H35NO6. The Morgan fingerprint density at radius 3 is 2.33 bits per heavy atom. The SMILES string of the molecule is COc1ccc2c(c1)C(CCN(C)CCCOC(=O)c1cc(OC)c(OC)c(OC)c1)CC2. The van der Waals surface area contributed by atoms with Gasteiger partial charge in [0.2, 0.25) is 5.75 Å². The summed E-state index contributed by atoms with van der Waals surface area (Å²) >= 11 is 0. The number of nitrogens with zero attached hydrogens (tertiary/aromatic N) is 1. The Labute approximate surface area is 196 Å². The molecule has 0 spiro atoms. The molecule has 7 heteroatoms. The first-order valence-corrected chi connectivity index (χ1v) is 11.3. The van der Waals surface area contributed by atoms with E-state index in [9.17, 15) is 4.79 Å². The van der Waals surface area contributed by atoms with Gasteiger partial charge in [-0.3, -0.25) is 0 Å². The van der Waals surface area contributed by atoms with Crippen molar-refractivity contribution in [1.29, 1.82) is 0 Å². The molecule has 1 aliphatic rings. The largest absolute Gasteiger partial charge is 0.497 e. The van der Waals surface area contributed by atoms with Crippen LogP contribution >= 0.6 is 0 Å². The fourth-order valence-electron chi connectivity index (χ4n) is 4.36. The maximum atomic E-state index is 12.5. The van der Waals surface area contributed by atoms with Gasteiger partial charge in [-0.05, 0) is 80.6 Å². The third kappa shape index (κ3) is 6.11. The molecule has 0 aliphatic heterocycles. The van der Waals surface area contributed by atoms with Gasteiger partial charge in [0.05, 0.1) is 40.6 Å². The molecule has 2 aromatic rings. The zero-order chi connectivity index (χ0) is 23.8. The standard InChI is InChI=1S/C26H35NO6/c1-27(13-11-19-8-7-18-9-10-21(29-2)17-22(18)19)12-6-14-33-26(28)20-15-23(30-3)25(32-5)24(16-20)31-4/h9-10,15-17,19H,6-8,11-14H2,1-5H3. The van der Waals surface area contributed by atoms with Gasteiger partial charge in [0.25, 0.3) is 0 Å². The Hall–Kier alpha value is -2.93. The van der Waals surface area contributed by atoms with E-state index in [0.717, 1.165) is 38.1 Å². The van der Waals surface area contributed by atoms with Gasteiger partial charge in [-0.15, -0.1) is 0 Å². The number of ether oxygens (including phenoxy) is 5. The summed E-state index contributed by atoms with van der Waals surface area (Å²) in [5, 5.41) is 0. The first-order valence-electron chi connectivity index (χ1n) is 11.3. The van der Waals surface area contributed by atoms with Crippen LogP contribution in [0, 0.1) is 0 Å². The van der Waals surface area contributed by atoms with Crippen molar-refractivity contribution in [3.8, 4) is 23.0 Å². The van der Waals surface area contributed by atoms with Crippen molar-refractivity contribution in [2.24, 2.45) is 0 Å². The molecule has 0 amide bonds. The molecule has 0 radical (unpaired) electrons. The highest BCUT2D eigenvalue weighted by Crippen LogP contribution is 2.39. The van der Waals surface area contributed by atoms with Gasteiger partial charge in [0.1, 0.15) is 5.75 Å². The number of esters is 1. The summed E-state index contributed by atoms with van der Waals surface area (Å²) in [7, 11) is 8.39. The zero-order valence-electron chi connectivity index (χ0n) is 20.3. The molecule has 1 atom stereocenters. The molecule has 0 N–H and O–H groups in total. The van der Waals surface area contributed by atoms with Crippen LogP contribution in [-0.4, -0.2) is 66.1 Å². The lowest BCUT2D eigenvalue weighted by molar-refractivity contribution is 0.0490. The molecule has 0 aromatic heterocycles. The molecule has 0 saturated heterocycles. The fourth-order valence-corrected chi connectivity index (χ4v) is 4.36. The van der Waals surface area contributed by atoms with Crippen molar-refractivity contribution in [1.82, 2.24) is 4.90 Å². The monoisotopic (exact) mass is 457 g/mol. The summed E-state index contributed by atoms with van der Waals surface area (Å²) in [6.07, 6.45) is 4.22. The van der Waals surface area contributed by atoms with E-state index in [-0.39, 0.29) is 0 Å². The summed E-state index contributed by atoms with van der Waals surface area (Å²) < 4.78 is 26.8. The quantitative estimate of drug-likeness (QED) is 0.347. The highest BCUT2D eigenvalue weighted by molar-refractivity contribution is 5.91. The summed E-state index contributed by atoms with van der Waals surface area (Å²) in [4.78, 5) is 14.8. The number of hydrogen-bond acceptors (Lipinski definition) is 7. The Bertz CT molecular complexity index is 919. The van der Waals surface area contributed by atoms with Crippen LogP contribution in [0.5, 0.6) is 23.0 Å². The van der Waals surface area contributed by atoms with E-state index in [1.165, 1.54) is 38.9 Å². The fraction of sp³-hybridized carbons (Fsp3) is 0.500. The summed E-state index contributed by atoms with van der Waals surface area (Å²) in [6.45, 7) is 2.21. The maximum absolute atomic E-state index is 12.5. The first-order chi connectivity index (χ1) is 16.0. The van der Waals surface area contributed by atoms with Crippen LogP contribution in [0.1, 0.15) is 46.7 Å². The average Bonchev–Trinajstić information content (AvgIpc) is 3.26. The molecule has 0 fully saturated rings. The van der Waals surface area contributed by atoms with Crippen molar-refractivity contribution in [3.63, 3.8) is 0 Å². The Kier molecular flexibility index (Phi) is 8.83. The van der Waals surface area contributed by atoms with Crippen molar-refractivity contribution in [2.75, 3.05) is 55.2 Å². The second kappa shape index (κ2) is 11.8. The highest BCUT2D eigenvalue weighted by atomic mass is 16.5. The number of methoxy groups -OCH3 is 4. The van der Waals surface area contributed by atoms with E-state index in [2.05, 4.69) is 24.1 Å². The molecule has 2 aromatic carbocycles. The van der Waals surface area contributed by atoms with Gasteiger partial charge >= 0.3 is 5.97 Å². The lowest BCUT2D eigenvalue weighted by Crippen LogP contribution is -2.23. The predicted octanol–water partition coefficient (Wildman–Crippen LogP) is 4.32. The van der Waals surface area contributed by atoms with E-state index in [4.69, 9.17) is 23.7 Å². The van der Waals surface area contributed by atoms with Crippen molar-refractivity contribution in [3.05, 3.63) is 47.0 Å². The third-order valence-corrected chi connectivity index (χ3v) is 6.23. The van der Waals surface area contributed by atoms with Crippen molar-refractivity contribution >= 4 is 5.97 Å². The number of benzene rings is 2. The number of carbonyl (C=O) groups is 1. The van der Waals surface area contributed by atoms with Gasteiger partial charge in [-0.1, -0.05) is 6.07 Å². The van der Waals surface area contributed by atoms with E-state index >= 15 is 0 Å². The predicted molar refractivity (Wildman–Crippen MR) is 127 cm³/mol. The topological polar surface area (TPSA) is 66.5 Å². The molecule has 1 unspecified atom stereocenters. The van der Waals surface area contributed by atoms with Crippen molar-refractivity contribution < 1.29 is 28.5 Å². The molecule has 33 heavy (non-hydrogen) atoms. The second-order valence-electron chi connectivity index (χ2n) is 8.30. The molecule has 0 bridgehead atoms. The van der Waals surface area contributed by atoms with E-state index in [1.54, 1.807) is 19.2 Å². The van der Waals surface area contributed by atoms with Crippen LogP contribution in [0.4, 0.5) is 0 Å². The molecule has 180 valence electrons. The lowest BCUT2D eigenvalue weighted by atomic mass is 9.97. The Morgan fingerprint density at radius 2 is 1.70 bits per heavy atom. The molecule has 0 heterocycles. The minimum Gasteiger partial charge on any atom is -0.497 e. The van der Waals surface area contributed by atoms with E-state index < -0.39 is 5.97 Å². The van der Waals surface area contributed by atoms with Gasteiger partial charge in [-0.2, -0.15) is 0 Å². The van der Waals surface area contributed by atoms with Gasteiger partial charge in [-0.25, -0.2) is 4.79 Å². The van der Waals surface area contributed by atoms with E-state index in [1.807, 2.05) is 6.07 Å². The second-order valence-corrected chi connectivity index (χ2v) is 8.30. The summed E-state index contributed by atoms with van der Waals surface area (Å²) in [5.74, 6) is 2.40. The van der Waals surface area contributed by atoms with Crippen LogP contribution in [-0.2, 0) is 11.2 Å². The summed E-state index contributed by atoms with van der Waals surface area (Å²) in [5.41, 5.74) is 3.25. The number of carbonyl (C=O) groups excluding carboxylic acids is 1.